The van der Waals surface area contributed by atoms with Crippen LogP contribution in [-0.4, -0.2) is 30.2 Å². The minimum atomic E-state index is -0.978. The first-order valence-electron chi connectivity index (χ1n) is 8.26. The van der Waals surface area contributed by atoms with E-state index in [0.717, 1.165) is 5.56 Å². The molecule has 0 heterocycles. The normalized spacial score (nSPS) is 10.3. The zero-order valence-corrected chi connectivity index (χ0v) is 15.8. The fourth-order valence-electron chi connectivity index (χ4n) is 2.53. The van der Waals surface area contributed by atoms with Crippen LogP contribution in [0.5, 0.6) is 11.5 Å². The molecule has 0 aromatic heterocycles. The Kier molecular flexibility index (Phi) is 6.90. The Hall–Kier alpha value is -2.93. The summed E-state index contributed by atoms with van der Waals surface area (Å²) in [5, 5.41) is 12.7. The van der Waals surface area contributed by atoms with Gasteiger partial charge in [0.05, 0.1) is 17.2 Å². The number of benzene rings is 2. The second-order valence-corrected chi connectivity index (χ2v) is 6.14. The zero-order valence-electron chi connectivity index (χ0n) is 15.0. The Morgan fingerprint density at radius 1 is 1.26 bits per heavy atom. The van der Waals surface area contributed by atoms with E-state index in [4.69, 9.17) is 26.8 Å². The van der Waals surface area contributed by atoms with Gasteiger partial charge < -0.3 is 25.6 Å². The van der Waals surface area contributed by atoms with E-state index in [0.29, 0.717) is 30.2 Å². The highest BCUT2D eigenvalue weighted by Gasteiger charge is 2.14. The first kappa shape index (κ1) is 20.4. The van der Waals surface area contributed by atoms with Crippen molar-refractivity contribution in [2.75, 3.05) is 18.5 Å². The number of primary amides is 1. The summed E-state index contributed by atoms with van der Waals surface area (Å²) in [6.07, 6.45) is 0. The van der Waals surface area contributed by atoms with Gasteiger partial charge in [0.15, 0.2) is 18.1 Å². The van der Waals surface area contributed by atoms with Crippen molar-refractivity contribution >= 4 is 29.2 Å². The number of carboxylic acid groups (broad SMARTS) is 1. The first-order chi connectivity index (χ1) is 12.8. The van der Waals surface area contributed by atoms with Crippen molar-refractivity contribution in [2.45, 2.75) is 20.4 Å². The molecule has 0 spiro atoms. The molecule has 7 nitrogen and oxygen atoms in total. The molecule has 2 rings (SSSR count). The van der Waals surface area contributed by atoms with Gasteiger partial charge >= 0.3 is 5.97 Å². The van der Waals surface area contributed by atoms with Crippen molar-refractivity contribution in [3.8, 4) is 11.5 Å². The minimum Gasteiger partial charge on any atom is -0.490 e. The predicted octanol–water partition coefficient (Wildman–Crippen LogP) is 3.22. The van der Waals surface area contributed by atoms with Crippen molar-refractivity contribution in [1.82, 2.24) is 0 Å². The summed E-state index contributed by atoms with van der Waals surface area (Å²) in [5.74, 6) is -0.939. The summed E-state index contributed by atoms with van der Waals surface area (Å²) in [6.45, 7) is 4.03. The molecule has 0 saturated carbocycles. The fourth-order valence-corrected chi connectivity index (χ4v) is 2.81. The van der Waals surface area contributed by atoms with Gasteiger partial charge in [-0.1, -0.05) is 17.7 Å². The average Bonchev–Trinajstić information content (AvgIpc) is 2.60. The van der Waals surface area contributed by atoms with Gasteiger partial charge in [-0.15, -0.1) is 0 Å². The number of hydrogen-bond acceptors (Lipinski definition) is 5. The molecule has 0 aliphatic rings. The standard InChI is InChI=1S/C19H21ClN2O5/c1-3-26-16-8-12(7-14(20)18(16)27-10-17(21)23)9-22-15-6-4-5-13(11(15)2)19(24)25/h4-8,22H,3,9-10H2,1-2H3,(H2,21,23)(H,24,25). The molecule has 8 heteroatoms. The number of hydrogen-bond donors (Lipinski definition) is 3. The van der Waals surface area contributed by atoms with E-state index in [1.165, 1.54) is 0 Å². The van der Waals surface area contributed by atoms with E-state index in [2.05, 4.69) is 5.32 Å². The maximum absolute atomic E-state index is 11.2. The van der Waals surface area contributed by atoms with Crippen molar-refractivity contribution in [3.05, 3.63) is 52.0 Å². The predicted molar refractivity (Wildman–Crippen MR) is 103 cm³/mol. The summed E-state index contributed by atoms with van der Waals surface area (Å²) in [7, 11) is 0. The van der Waals surface area contributed by atoms with Crippen molar-refractivity contribution in [1.29, 1.82) is 0 Å². The van der Waals surface area contributed by atoms with E-state index in [9.17, 15) is 14.7 Å². The Morgan fingerprint density at radius 3 is 2.63 bits per heavy atom. The van der Waals surface area contributed by atoms with E-state index in [-0.39, 0.29) is 22.9 Å². The number of rotatable bonds is 9. The zero-order chi connectivity index (χ0) is 20.0. The quantitative estimate of drug-likeness (QED) is 0.604. The number of aromatic carboxylic acids is 1. The monoisotopic (exact) mass is 392 g/mol. The van der Waals surface area contributed by atoms with Gasteiger partial charge in [-0.3, -0.25) is 4.79 Å². The van der Waals surface area contributed by atoms with Gasteiger partial charge in [-0.25, -0.2) is 4.79 Å². The van der Waals surface area contributed by atoms with Crippen LogP contribution in [0.25, 0.3) is 0 Å². The van der Waals surface area contributed by atoms with Crippen LogP contribution in [0.4, 0.5) is 5.69 Å². The van der Waals surface area contributed by atoms with Crippen LogP contribution in [0.3, 0.4) is 0 Å². The fraction of sp³-hybridized carbons (Fsp3) is 0.263. The van der Waals surface area contributed by atoms with Crippen molar-refractivity contribution in [3.63, 3.8) is 0 Å². The summed E-state index contributed by atoms with van der Waals surface area (Å²) >= 11 is 6.27. The number of carbonyl (C=O) groups excluding carboxylic acids is 1. The smallest absolute Gasteiger partial charge is 0.336 e. The van der Waals surface area contributed by atoms with Gasteiger partial charge in [0.1, 0.15) is 0 Å². The molecular weight excluding hydrogens is 372 g/mol. The molecule has 2 aromatic carbocycles. The van der Waals surface area contributed by atoms with Crippen LogP contribution in [0.2, 0.25) is 5.02 Å². The molecule has 0 fully saturated rings. The van der Waals surface area contributed by atoms with Crippen LogP contribution in [-0.2, 0) is 11.3 Å². The molecule has 4 N–H and O–H groups in total. The number of anilines is 1. The summed E-state index contributed by atoms with van der Waals surface area (Å²) in [5.41, 5.74) is 7.49. The summed E-state index contributed by atoms with van der Waals surface area (Å²) in [6, 6.07) is 8.46. The molecule has 2 aromatic rings. The molecule has 0 unspecified atom stereocenters. The van der Waals surface area contributed by atoms with Gasteiger partial charge in [-0.2, -0.15) is 0 Å². The van der Waals surface area contributed by atoms with E-state index < -0.39 is 11.9 Å². The van der Waals surface area contributed by atoms with Crippen LogP contribution in [0.15, 0.2) is 30.3 Å². The third kappa shape index (κ3) is 5.27. The highest BCUT2D eigenvalue weighted by Crippen LogP contribution is 2.37. The molecular formula is C19H21ClN2O5. The SMILES string of the molecule is CCOc1cc(CNc2cccc(C(=O)O)c2C)cc(Cl)c1OCC(N)=O. The molecule has 0 radical (unpaired) electrons. The second-order valence-electron chi connectivity index (χ2n) is 5.73. The molecule has 1 amide bonds. The number of carboxylic acids is 1. The number of carbonyl (C=O) groups is 2. The molecule has 27 heavy (non-hydrogen) atoms. The lowest BCUT2D eigenvalue weighted by atomic mass is 10.1. The Balaban J connectivity index is 2.23. The lowest BCUT2D eigenvalue weighted by Crippen LogP contribution is -2.20. The lowest BCUT2D eigenvalue weighted by molar-refractivity contribution is -0.119. The van der Waals surface area contributed by atoms with Gasteiger partial charge in [0.25, 0.3) is 5.91 Å². The number of nitrogens with two attached hydrogens (primary N) is 1. The highest BCUT2D eigenvalue weighted by atomic mass is 35.5. The van der Waals surface area contributed by atoms with Crippen LogP contribution >= 0.6 is 11.6 Å². The third-order valence-corrected chi connectivity index (χ3v) is 4.06. The Bertz CT molecular complexity index is 854. The Labute approximate surface area is 162 Å². The maximum atomic E-state index is 11.2. The maximum Gasteiger partial charge on any atom is 0.336 e. The van der Waals surface area contributed by atoms with E-state index in [1.807, 2.05) is 6.92 Å². The number of halogens is 1. The number of ether oxygens (including phenoxy) is 2. The number of amides is 1. The second kappa shape index (κ2) is 9.14. The molecule has 0 aliphatic heterocycles. The average molecular weight is 393 g/mol. The Morgan fingerprint density at radius 2 is 2.00 bits per heavy atom. The van der Waals surface area contributed by atoms with Crippen molar-refractivity contribution < 1.29 is 24.2 Å². The van der Waals surface area contributed by atoms with Crippen LogP contribution in [0.1, 0.15) is 28.4 Å². The molecule has 0 saturated heterocycles. The van der Waals surface area contributed by atoms with Crippen LogP contribution < -0.4 is 20.5 Å². The minimum absolute atomic E-state index is 0.239. The lowest BCUT2D eigenvalue weighted by Gasteiger charge is -2.16. The summed E-state index contributed by atoms with van der Waals surface area (Å²) < 4.78 is 10.9. The highest BCUT2D eigenvalue weighted by molar-refractivity contribution is 6.32. The largest absolute Gasteiger partial charge is 0.490 e. The molecule has 0 atom stereocenters. The van der Waals surface area contributed by atoms with E-state index in [1.54, 1.807) is 37.3 Å². The van der Waals surface area contributed by atoms with E-state index >= 15 is 0 Å². The molecule has 0 aliphatic carbocycles. The van der Waals surface area contributed by atoms with Gasteiger partial charge in [-0.05, 0) is 49.2 Å². The van der Waals surface area contributed by atoms with Gasteiger partial charge in [0.2, 0.25) is 0 Å². The topological polar surface area (TPSA) is 111 Å². The van der Waals surface area contributed by atoms with Gasteiger partial charge in [0, 0.05) is 12.2 Å². The summed E-state index contributed by atoms with van der Waals surface area (Å²) in [4.78, 5) is 22.2. The van der Waals surface area contributed by atoms with Crippen molar-refractivity contribution in [2.24, 2.45) is 5.73 Å². The third-order valence-electron chi connectivity index (χ3n) is 3.78. The molecule has 0 bridgehead atoms. The first-order valence-corrected chi connectivity index (χ1v) is 8.64. The van der Waals surface area contributed by atoms with Crippen LogP contribution in [0, 0.1) is 6.92 Å². The molecule has 144 valence electrons. The number of nitrogens with one attached hydrogen (secondary N) is 1.